The van der Waals surface area contributed by atoms with Gasteiger partial charge in [-0.15, -0.1) is 10.2 Å². The van der Waals surface area contributed by atoms with Gasteiger partial charge in [0.05, 0.1) is 5.75 Å². The van der Waals surface area contributed by atoms with Crippen molar-refractivity contribution in [1.29, 1.82) is 0 Å². The summed E-state index contributed by atoms with van der Waals surface area (Å²) < 4.78 is 1.98. The van der Waals surface area contributed by atoms with Crippen LogP contribution in [0.1, 0.15) is 21.5 Å². The maximum atomic E-state index is 12.7. The molecule has 0 radical (unpaired) electrons. The Morgan fingerprint density at radius 2 is 1.69 bits per heavy atom. The molecular weight excluding hydrogens is 380 g/mol. The molecule has 0 fully saturated rings. The number of aromatic nitrogens is 4. The quantitative estimate of drug-likeness (QED) is 0.340. The lowest BCUT2D eigenvalue weighted by Gasteiger charge is -2.10. The van der Waals surface area contributed by atoms with Crippen molar-refractivity contribution in [1.82, 2.24) is 19.7 Å². The van der Waals surface area contributed by atoms with Crippen molar-refractivity contribution in [3.05, 3.63) is 89.7 Å². The molecule has 2 aromatic carbocycles. The Bertz CT molecular complexity index is 1140. The van der Waals surface area contributed by atoms with E-state index >= 15 is 0 Å². The molecule has 0 bridgehead atoms. The maximum absolute atomic E-state index is 12.7. The molecule has 0 aliphatic heterocycles. The van der Waals surface area contributed by atoms with Gasteiger partial charge in [0.25, 0.3) is 0 Å². The number of para-hydroxylation sites is 1. The predicted molar refractivity (Wildman–Crippen MR) is 116 cm³/mol. The van der Waals surface area contributed by atoms with E-state index in [0.717, 1.165) is 28.2 Å². The second-order valence-electron chi connectivity index (χ2n) is 6.72. The molecule has 2 aromatic heterocycles. The minimum atomic E-state index is 0.0752. The summed E-state index contributed by atoms with van der Waals surface area (Å²) in [5.74, 6) is 1.09. The highest BCUT2D eigenvalue weighted by molar-refractivity contribution is 7.99. The highest BCUT2D eigenvalue weighted by Crippen LogP contribution is 2.28. The zero-order chi connectivity index (χ0) is 20.2. The van der Waals surface area contributed by atoms with Crippen molar-refractivity contribution < 1.29 is 4.79 Å². The van der Waals surface area contributed by atoms with Crippen LogP contribution in [-0.4, -0.2) is 31.3 Å². The molecule has 144 valence electrons. The Kier molecular flexibility index (Phi) is 5.53. The molecule has 0 aliphatic carbocycles. The van der Waals surface area contributed by atoms with Crippen LogP contribution in [-0.2, 0) is 0 Å². The number of pyridine rings is 1. The number of hydrogen-bond acceptors (Lipinski definition) is 5. The van der Waals surface area contributed by atoms with Crippen molar-refractivity contribution in [2.24, 2.45) is 0 Å². The molecule has 2 heterocycles. The fraction of sp³-hybridized carbons (Fsp3) is 0.130. The number of carbonyl (C=O) groups excluding carboxylic acids is 1. The van der Waals surface area contributed by atoms with Crippen LogP contribution in [0.25, 0.3) is 17.1 Å². The Morgan fingerprint density at radius 1 is 0.931 bits per heavy atom. The highest BCUT2D eigenvalue weighted by atomic mass is 32.2. The molecule has 0 unspecified atom stereocenters. The molecule has 0 atom stereocenters. The zero-order valence-corrected chi connectivity index (χ0v) is 17.1. The number of nitrogens with zero attached hydrogens (tertiary/aromatic N) is 4. The number of thioether (sulfide) groups is 1. The smallest absolute Gasteiger partial charge is 0.196 e. The van der Waals surface area contributed by atoms with Gasteiger partial charge in [0.1, 0.15) is 0 Å². The van der Waals surface area contributed by atoms with Crippen LogP contribution in [0.15, 0.2) is 78.2 Å². The van der Waals surface area contributed by atoms with Crippen molar-refractivity contribution in [3.63, 3.8) is 0 Å². The monoisotopic (exact) mass is 400 g/mol. The first-order valence-corrected chi connectivity index (χ1v) is 10.3. The molecule has 0 spiro atoms. The van der Waals surface area contributed by atoms with Gasteiger partial charge in [-0.05, 0) is 55.3 Å². The van der Waals surface area contributed by atoms with Crippen LogP contribution in [0.2, 0.25) is 0 Å². The first-order valence-electron chi connectivity index (χ1n) is 9.28. The molecule has 5 nitrogen and oxygen atoms in total. The van der Waals surface area contributed by atoms with Gasteiger partial charge in [0.15, 0.2) is 16.8 Å². The van der Waals surface area contributed by atoms with Crippen LogP contribution in [0.3, 0.4) is 0 Å². The maximum Gasteiger partial charge on any atom is 0.196 e. The Hall–Kier alpha value is -3.25. The molecule has 0 aliphatic rings. The Morgan fingerprint density at radius 3 is 2.41 bits per heavy atom. The number of ketones is 1. The average molecular weight is 401 g/mol. The third kappa shape index (κ3) is 4.12. The first kappa shape index (κ1) is 19.1. The lowest BCUT2D eigenvalue weighted by atomic mass is 10.0. The van der Waals surface area contributed by atoms with E-state index in [2.05, 4.69) is 15.2 Å². The summed E-state index contributed by atoms with van der Waals surface area (Å²) >= 11 is 1.39. The third-order valence-electron chi connectivity index (χ3n) is 4.75. The minimum absolute atomic E-state index is 0.0752. The summed E-state index contributed by atoms with van der Waals surface area (Å²) in [7, 11) is 0. The van der Waals surface area contributed by atoms with Crippen molar-refractivity contribution >= 4 is 17.5 Å². The summed E-state index contributed by atoms with van der Waals surface area (Å²) in [6, 6.07) is 19.5. The van der Waals surface area contributed by atoms with Gasteiger partial charge in [-0.3, -0.25) is 14.3 Å². The Balaban J connectivity index is 1.64. The number of Topliss-reactive ketones (excluding diaryl/α,β-unsaturated/α-hetero) is 1. The Labute approximate surface area is 173 Å². The van der Waals surface area contributed by atoms with Gasteiger partial charge in [-0.2, -0.15) is 0 Å². The zero-order valence-electron chi connectivity index (χ0n) is 16.2. The lowest BCUT2D eigenvalue weighted by molar-refractivity contribution is 0.102. The molecule has 4 aromatic rings. The second-order valence-corrected chi connectivity index (χ2v) is 7.67. The highest BCUT2D eigenvalue weighted by Gasteiger charge is 2.17. The van der Waals surface area contributed by atoms with Crippen LogP contribution < -0.4 is 0 Å². The summed E-state index contributed by atoms with van der Waals surface area (Å²) in [4.78, 5) is 16.8. The van der Waals surface area contributed by atoms with E-state index in [0.29, 0.717) is 10.9 Å². The molecule has 0 saturated heterocycles. The van der Waals surface area contributed by atoms with Crippen LogP contribution >= 0.6 is 11.8 Å². The van der Waals surface area contributed by atoms with Crippen molar-refractivity contribution in [3.8, 4) is 17.1 Å². The van der Waals surface area contributed by atoms with Crippen molar-refractivity contribution in [2.45, 2.75) is 19.0 Å². The molecule has 0 N–H and O–H groups in total. The van der Waals surface area contributed by atoms with Gasteiger partial charge in [-0.25, -0.2) is 0 Å². The second kappa shape index (κ2) is 8.41. The van der Waals surface area contributed by atoms with Gasteiger partial charge in [0.2, 0.25) is 0 Å². The van der Waals surface area contributed by atoms with Gasteiger partial charge in [-0.1, -0.05) is 42.1 Å². The molecule has 4 rings (SSSR count). The summed E-state index contributed by atoms with van der Waals surface area (Å²) in [5.41, 5.74) is 4.89. The molecule has 6 heteroatoms. The first-order chi connectivity index (χ1) is 14.1. The van der Waals surface area contributed by atoms with Crippen LogP contribution in [0, 0.1) is 13.8 Å². The van der Waals surface area contributed by atoms with E-state index in [9.17, 15) is 4.79 Å². The number of benzene rings is 2. The topological polar surface area (TPSA) is 60.7 Å². The summed E-state index contributed by atoms with van der Waals surface area (Å²) in [5, 5.41) is 9.44. The van der Waals surface area contributed by atoms with Crippen LogP contribution in [0.4, 0.5) is 0 Å². The third-order valence-corrected chi connectivity index (χ3v) is 5.68. The number of aryl methyl sites for hydroxylation is 2. The minimum Gasteiger partial charge on any atom is -0.293 e. The van der Waals surface area contributed by atoms with E-state index in [1.54, 1.807) is 12.4 Å². The van der Waals surface area contributed by atoms with Crippen LogP contribution in [0.5, 0.6) is 0 Å². The fourth-order valence-corrected chi connectivity index (χ4v) is 3.84. The molecule has 29 heavy (non-hydrogen) atoms. The molecular formula is C23H20N4OS. The van der Waals surface area contributed by atoms with E-state index in [-0.39, 0.29) is 5.78 Å². The summed E-state index contributed by atoms with van der Waals surface area (Å²) in [6.45, 7) is 4.06. The van der Waals surface area contributed by atoms with E-state index in [1.807, 2.05) is 79.1 Å². The number of carbonyl (C=O) groups is 1. The molecule has 0 amide bonds. The van der Waals surface area contributed by atoms with E-state index in [4.69, 9.17) is 0 Å². The lowest BCUT2D eigenvalue weighted by Crippen LogP contribution is -2.05. The van der Waals surface area contributed by atoms with E-state index < -0.39 is 0 Å². The SMILES string of the molecule is Cc1ccc(C(=O)CSc2nnc(-c3ccncc3)n2-c2ccccc2)cc1C. The standard InChI is InChI=1S/C23H20N4OS/c1-16-8-9-19(14-17(16)2)21(28)15-29-23-26-25-22(18-10-12-24-13-11-18)27(23)20-6-4-3-5-7-20/h3-14H,15H2,1-2H3. The molecule has 0 saturated carbocycles. The van der Waals surface area contributed by atoms with E-state index in [1.165, 1.54) is 17.3 Å². The van der Waals surface area contributed by atoms with Crippen molar-refractivity contribution in [2.75, 3.05) is 5.75 Å². The van der Waals surface area contributed by atoms with Gasteiger partial charge >= 0.3 is 0 Å². The number of rotatable bonds is 6. The summed E-state index contributed by atoms with van der Waals surface area (Å²) in [6.07, 6.45) is 3.46. The average Bonchev–Trinajstić information content (AvgIpc) is 3.19. The van der Waals surface area contributed by atoms with Gasteiger partial charge in [0, 0.05) is 29.2 Å². The normalized spacial score (nSPS) is 10.8. The number of hydrogen-bond donors (Lipinski definition) is 0. The largest absolute Gasteiger partial charge is 0.293 e. The fourth-order valence-electron chi connectivity index (χ4n) is 2.99. The predicted octanol–water partition coefficient (Wildman–Crippen LogP) is 4.92. The van der Waals surface area contributed by atoms with Gasteiger partial charge < -0.3 is 0 Å².